The molecule has 524 valence electrons. The molecule has 0 saturated heterocycles. The molecule has 0 aliphatic carbocycles. The average molecular weight is 1450 g/mol. The highest BCUT2D eigenvalue weighted by molar-refractivity contribution is 7.25. The first-order chi connectivity index (χ1) is 55.5. The number of furan rings is 1. The molecule has 6 aromatic heterocycles. The van der Waals surface area contributed by atoms with Crippen LogP contribution in [0.4, 0.5) is 0 Å². The molecule has 0 radical (unpaired) electrons. The minimum absolute atomic E-state index is 0.615. The Morgan fingerprint density at radius 1 is 0.196 bits per heavy atom. The summed E-state index contributed by atoms with van der Waals surface area (Å²) in [7, 11) is 0. The minimum Gasteiger partial charge on any atom is -0.456 e. The maximum Gasteiger partial charge on any atom is 0.166 e. The zero-order chi connectivity index (χ0) is 74.0. The first kappa shape index (κ1) is 65.5. The summed E-state index contributed by atoms with van der Waals surface area (Å²) in [5, 5.41) is 9.63. The number of hydrogen-bond donors (Lipinski definition) is 0. The Morgan fingerprint density at radius 2 is 0.571 bits per heavy atom. The van der Waals surface area contributed by atoms with Crippen LogP contribution in [0.2, 0.25) is 0 Å². The summed E-state index contributed by atoms with van der Waals surface area (Å²) in [5.41, 5.74) is 23.0. The van der Waals surface area contributed by atoms with Crippen molar-refractivity contribution < 1.29 is 4.42 Å². The second-order valence-electron chi connectivity index (χ2n) is 28.0. The van der Waals surface area contributed by atoms with Gasteiger partial charge in [0.25, 0.3) is 0 Å². The fraction of sp³-hybridized carbons (Fsp3) is 0. The van der Waals surface area contributed by atoms with E-state index in [1.165, 1.54) is 52.8 Å². The van der Waals surface area contributed by atoms with Crippen molar-refractivity contribution in [3.8, 4) is 124 Å². The number of benzene rings is 16. The summed E-state index contributed by atoms with van der Waals surface area (Å²) in [4.78, 5) is 30.5. The maximum absolute atomic E-state index is 6.27. The monoisotopic (exact) mass is 1450 g/mol. The van der Waals surface area contributed by atoms with Gasteiger partial charge in [0, 0.05) is 97.0 Å². The predicted molar refractivity (Wildman–Crippen MR) is 463 cm³/mol. The Balaban J connectivity index is 0.000000141. The third-order valence-electron chi connectivity index (χ3n) is 21.3. The molecule has 0 unspecified atom stereocenters. The van der Waals surface area contributed by atoms with Crippen LogP contribution in [0.3, 0.4) is 0 Å². The van der Waals surface area contributed by atoms with Crippen molar-refractivity contribution in [3.05, 3.63) is 388 Å². The third-order valence-corrected chi connectivity index (χ3v) is 22.5. The van der Waals surface area contributed by atoms with Crippen molar-refractivity contribution in [2.24, 2.45) is 0 Å². The molecule has 0 saturated carbocycles. The average Bonchev–Trinajstić information content (AvgIpc) is 1.63. The van der Waals surface area contributed by atoms with Crippen LogP contribution in [0.1, 0.15) is 0 Å². The van der Waals surface area contributed by atoms with Crippen LogP contribution in [0, 0.1) is 0 Å². The van der Waals surface area contributed by atoms with E-state index in [0.717, 1.165) is 122 Å². The Morgan fingerprint density at radius 3 is 1.13 bits per heavy atom. The van der Waals surface area contributed by atoms with Crippen LogP contribution < -0.4 is 0 Å². The normalized spacial score (nSPS) is 11.6. The van der Waals surface area contributed by atoms with Crippen molar-refractivity contribution in [1.29, 1.82) is 0 Å². The highest BCUT2D eigenvalue weighted by atomic mass is 32.1. The van der Waals surface area contributed by atoms with E-state index in [4.69, 9.17) is 34.3 Å². The van der Waals surface area contributed by atoms with E-state index in [2.05, 4.69) is 288 Å². The van der Waals surface area contributed by atoms with Gasteiger partial charge < -0.3 is 13.6 Å². The zero-order valence-corrected chi connectivity index (χ0v) is 61.2. The molecule has 0 atom stereocenters. The van der Waals surface area contributed by atoms with Crippen molar-refractivity contribution in [3.63, 3.8) is 0 Å². The topological polar surface area (TPSA) is 100 Å². The van der Waals surface area contributed by atoms with Gasteiger partial charge in [0.1, 0.15) is 11.2 Å². The molecule has 22 aromatic rings. The smallest absolute Gasteiger partial charge is 0.166 e. The van der Waals surface area contributed by atoms with Gasteiger partial charge in [0.05, 0.1) is 33.4 Å². The van der Waals surface area contributed by atoms with Crippen molar-refractivity contribution in [2.75, 3.05) is 0 Å². The van der Waals surface area contributed by atoms with Gasteiger partial charge in [-0.15, -0.1) is 11.3 Å². The van der Waals surface area contributed by atoms with Crippen LogP contribution in [-0.2, 0) is 0 Å². The lowest BCUT2D eigenvalue weighted by Gasteiger charge is -2.19. The summed E-state index contributed by atoms with van der Waals surface area (Å²) in [6.45, 7) is 0. The second-order valence-corrected chi connectivity index (χ2v) is 29.1. The Bertz CT molecular complexity index is 7210. The molecular formula is C102H64N8OS. The van der Waals surface area contributed by atoms with Crippen LogP contribution >= 0.6 is 11.3 Å². The first-order valence-electron chi connectivity index (χ1n) is 37.5. The molecule has 22 rings (SSSR count). The Hall–Kier alpha value is -14.8. The van der Waals surface area contributed by atoms with Gasteiger partial charge in [-0.2, -0.15) is 0 Å². The predicted octanol–water partition coefficient (Wildman–Crippen LogP) is 26.9. The standard InChI is InChI=1S/C51H32N4O.C51H32N4S/c1-4-14-33(15-5-1)42-31-38(51-53-49(34-16-6-2-7-17-34)52-50(54-51)35-18-8-3-9-19-35)26-29-45(42)55-44-22-12-10-20-39(44)43-30-36(25-28-46(43)55)37-24-27-41-40-21-11-13-23-47(40)56-48(41)32-37;1-4-15-33(16-5-1)38-23-14-24-42(51-53-49(34-17-6-2-7-18-34)52-50(54-51)35-19-8-3-9-20-35)48(38)55-44-25-12-10-21-39(44)43-31-36(28-30-45(43)55)37-27-29-41-40-22-11-13-26-46(40)56-47(41)32-37/h2*1-32H. The van der Waals surface area contributed by atoms with Crippen LogP contribution in [-0.4, -0.2) is 39.0 Å². The second kappa shape index (κ2) is 27.7. The molecule has 0 N–H and O–H groups in total. The number of hydrogen-bond acceptors (Lipinski definition) is 8. The van der Waals surface area contributed by atoms with E-state index >= 15 is 0 Å². The molecule has 10 heteroatoms. The van der Waals surface area contributed by atoms with Gasteiger partial charge in [0.15, 0.2) is 34.9 Å². The minimum atomic E-state index is 0.615. The number of nitrogens with zero attached hydrogens (tertiary/aromatic N) is 8. The number of thiophene rings is 1. The van der Waals surface area contributed by atoms with Crippen molar-refractivity contribution in [1.82, 2.24) is 39.0 Å². The SMILES string of the molecule is c1ccc(-c2nc(-c3ccccc3)nc(-c3ccc(-n4c5ccccc5c5cc(-c6ccc7c(c6)oc6ccccc67)ccc54)c(-c4ccccc4)c3)n2)cc1.c1ccc(-c2nc(-c3ccccc3)nc(-c3cccc(-c4ccccc4)c3-n3c4ccccc4c4cc(-c5ccc6c(c5)sc5ccccc56)ccc43)n2)cc1. The lowest BCUT2D eigenvalue weighted by Crippen LogP contribution is -2.05. The fourth-order valence-corrected chi connectivity index (χ4v) is 17.2. The molecule has 112 heavy (non-hydrogen) atoms. The summed E-state index contributed by atoms with van der Waals surface area (Å²) in [6, 6.07) is 136. The highest BCUT2D eigenvalue weighted by Gasteiger charge is 2.25. The Labute approximate surface area is 648 Å². The molecule has 9 nitrogen and oxygen atoms in total. The fourth-order valence-electron chi connectivity index (χ4n) is 16.0. The maximum atomic E-state index is 6.27. The third kappa shape index (κ3) is 11.7. The first-order valence-corrected chi connectivity index (χ1v) is 38.4. The summed E-state index contributed by atoms with van der Waals surface area (Å²) < 4.78 is 13.7. The van der Waals surface area contributed by atoms with E-state index in [1.54, 1.807) is 0 Å². The number of para-hydroxylation sites is 4. The van der Waals surface area contributed by atoms with E-state index in [-0.39, 0.29) is 0 Å². The van der Waals surface area contributed by atoms with E-state index < -0.39 is 0 Å². The van der Waals surface area contributed by atoms with Crippen LogP contribution in [0.15, 0.2) is 393 Å². The molecule has 0 spiro atoms. The lowest BCUT2D eigenvalue weighted by atomic mass is 9.98. The molecule has 0 bridgehead atoms. The van der Waals surface area contributed by atoms with Crippen molar-refractivity contribution >= 4 is 97.1 Å². The number of aromatic nitrogens is 8. The largest absolute Gasteiger partial charge is 0.456 e. The van der Waals surface area contributed by atoms with Gasteiger partial charge >= 0.3 is 0 Å². The van der Waals surface area contributed by atoms with Gasteiger partial charge in [-0.25, -0.2) is 29.9 Å². The summed E-state index contributed by atoms with van der Waals surface area (Å²) in [5.74, 6) is 3.77. The summed E-state index contributed by atoms with van der Waals surface area (Å²) >= 11 is 1.86. The quantitative estimate of drug-likeness (QED) is 0.120. The molecule has 0 aliphatic rings. The van der Waals surface area contributed by atoms with Crippen molar-refractivity contribution in [2.45, 2.75) is 0 Å². The lowest BCUT2D eigenvalue weighted by molar-refractivity contribution is 0.669. The summed E-state index contributed by atoms with van der Waals surface area (Å²) in [6.07, 6.45) is 0. The number of rotatable bonds is 12. The van der Waals surface area contributed by atoms with E-state index in [0.29, 0.717) is 34.9 Å². The number of fused-ring (bicyclic) bond motifs is 12. The van der Waals surface area contributed by atoms with Gasteiger partial charge in [-0.1, -0.05) is 297 Å². The van der Waals surface area contributed by atoms with Gasteiger partial charge in [0.2, 0.25) is 0 Å². The highest BCUT2D eigenvalue weighted by Crippen LogP contribution is 2.46. The molecule has 0 fully saturated rings. The molecule has 0 amide bonds. The molecular weight excluding hydrogens is 1390 g/mol. The Kier molecular flexibility index (Phi) is 16.2. The van der Waals surface area contributed by atoms with Gasteiger partial charge in [-0.05, 0) is 124 Å². The molecule has 16 aromatic carbocycles. The molecule has 0 aliphatic heterocycles. The van der Waals surface area contributed by atoms with Gasteiger partial charge in [-0.3, -0.25) is 0 Å². The van der Waals surface area contributed by atoms with Crippen LogP contribution in [0.5, 0.6) is 0 Å². The van der Waals surface area contributed by atoms with E-state index in [1.807, 2.05) is 121 Å². The molecule has 6 heterocycles. The zero-order valence-electron chi connectivity index (χ0n) is 60.3. The van der Waals surface area contributed by atoms with Crippen LogP contribution in [0.25, 0.3) is 210 Å². The van der Waals surface area contributed by atoms with E-state index in [9.17, 15) is 0 Å².